The summed E-state index contributed by atoms with van der Waals surface area (Å²) in [7, 11) is 0. The molecule has 0 saturated heterocycles. The maximum Gasteiger partial charge on any atom is 0.00982 e. The molecule has 1 nitrogen and oxygen atoms in total. The summed E-state index contributed by atoms with van der Waals surface area (Å²) in [6.07, 6.45) is 4.01. The predicted molar refractivity (Wildman–Crippen MR) is 69.7 cm³/mol. The lowest BCUT2D eigenvalue weighted by molar-refractivity contribution is 0.355. The van der Waals surface area contributed by atoms with Crippen LogP contribution in [-0.2, 0) is 6.42 Å². The maximum atomic E-state index is 3.58. The van der Waals surface area contributed by atoms with Gasteiger partial charge in [-0.2, -0.15) is 0 Å². The summed E-state index contributed by atoms with van der Waals surface area (Å²) in [5.74, 6) is 0. The van der Waals surface area contributed by atoms with Crippen molar-refractivity contribution >= 4 is 0 Å². The van der Waals surface area contributed by atoms with Crippen molar-refractivity contribution in [3.8, 4) is 0 Å². The van der Waals surface area contributed by atoms with Gasteiger partial charge in [0.1, 0.15) is 0 Å². The third-order valence-electron chi connectivity index (χ3n) is 3.96. The summed E-state index contributed by atoms with van der Waals surface area (Å²) in [5.41, 5.74) is 3.43. The topological polar surface area (TPSA) is 12.0 Å². The van der Waals surface area contributed by atoms with Gasteiger partial charge in [-0.15, -0.1) is 0 Å². The number of nitrogens with one attached hydrogen (secondary N) is 1. The van der Waals surface area contributed by atoms with Crippen molar-refractivity contribution in [1.29, 1.82) is 0 Å². The maximum absolute atomic E-state index is 3.58. The van der Waals surface area contributed by atoms with Crippen molar-refractivity contribution in [2.45, 2.75) is 46.1 Å². The van der Waals surface area contributed by atoms with Crippen molar-refractivity contribution in [2.75, 3.05) is 6.54 Å². The van der Waals surface area contributed by atoms with Gasteiger partial charge >= 0.3 is 0 Å². The van der Waals surface area contributed by atoms with Gasteiger partial charge in [0.05, 0.1) is 0 Å². The molecule has 0 aromatic heterocycles. The van der Waals surface area contributed by atoms with E-state index in [1.54, 1.807) is 0 Å². The number of hydrogen-bond acceptors (Lipinski definition) is 1. The van der Waals surface area contributed by atoms with Gasteiger partial charge in [0.25, 0.3) is 0 Å². The summed E-state index contributed by atoms with van der Waals surface area (Å²) < 4.78 is 0. The highest BCUT2D eigenvalue weighted by Crippen LogP contribution is 2.51. The van der Waals surface area contributed by atoms with Gasteiger partial charge in [-0.05, 0) is 50.6 Å². The molecule has 0 bridgehead atoms. The smallest absolute Gasteiger partial charge is 0.00982 e. The molecule has 16 heavy (non-hydrogen) atoms. The van der Waals surface area contributed by atoms with Gasteiger partial charge in [-0.1, -0.05) is 36.8 Å². The third kappa shape index (κ3) is 2.46. The third-order valence-corrected chi connectivity index (χ3v) is 3.96. The van der Waals surface area contributed by atoms with Gasteiger partial charge in [0.15, 0.2) is 0 Å². The van der Waals surface area contributed by atoms with Crippen LogP contribution in [0.15, 0.2) is 24.3 Å². The van der Waals surface area contributed by atoms with Crippen LogP contribution in [0.1, 0.15) is 37.8 Å². The van der Waals surface area contributed by atoms with E-state index in [1.165, 1.54) is 30.4 Å². The Morgan fingerprint density at radius 2 is 2.12 bits per heavy atom. The Bertz CT molecular complexity index is 352. The van der Waals surface area contributed by atoms with Gasteiger partial charge in [0, 0.05) is 6.04 Å². The zero-order valence-electron chi connectivity index (χ0n) is 10.7. The molecule has 1 saturated carbocycles. The zero-order valence-corrected chi connectivity index (χ0v) is 10.7. The highest BCUT2D eigenvalue weighted by atomic mass is 14.9. The van der Waals surface area contributed by atoms with Crippen LogP contribution < -0.4 is 5.32 Å². The Balaban J connectivity index is 2.04. The van der Waals surface area contributed by atoms with Crippen LogP contribution in [0.3, 0.4) is 0 Å². The average molecular weight is 217 g/mol. The van der Waals surface area contributed by atoms with E-state index in [1.807, 2.05) is 0 Å². The molecule has 1 aromatic rings. The standard InChI is InChI=1S/C15H23N/c1-4-16-13(3)15(8-9-15)11-14-7-5-6-12(2)10-14/h5-7,10,13,16H,4,8-9,11H2,1-3H3. The molecule has 0 aliphatic heterocycles. The van der Waals surface area contributed by atoms with Crippen LogP contribution in [0, 0.1) is 12.3 Å². The minimum absolute atomic E-state index is 0.545. The van der Waals surface area contributed by atoms with Gasteiger partial charge in [0.2, 0.25) is 0 Å². The molecule has 0 radical (unpaired) electrons. The molecule has 2 rings (SSSR count). The first kappa shape index (κ1) is 11.7. The van der Waals surface area contributed by atoms with Crippen LogP contribution in [0.25, 0.3) is 0 Å². The van der Waals surface area contributed by atoms with E-state index < -0.39 is 0 Å². The minimum atomic E-state index is 0.545. The first-order valence-electron chi connectivity index (χ1n) is 6.45. The van der Waals surface area contributed by atoms with E-state index in [4.69, 9.17) is 0 Å². The number of rotatable bonds is 5. The van der Waals surface area contributed by atoms with Crippen molar-refractivity contribution in [1.82, 2.24) is 5.32 Å². The first-order chi connectivity index (χ1) is 7.66. The molecule has 1 unspecified atom stereocenters. The van der Waals surface area contributed by atoms with Crippen LogP contribution in [-0.4, -0.2) is 12.6 Å². The van der Waals surface area contributed by atoms with E-state index >= 15 is 0 Å². The van der Waals surface area contributed by atoms with Crippen molar-refractivity contribution in [2.24, 2.45) is 5.41 Å². The lowest BCUT2D eigenvalue weighted by Crippen LogP contribution is -2.35. The van der Waals surface area contributed by atoms with Crippen LogP contribution in [0.5, 0.6) is 0 Å². The number of hydrogen-bond donors (Lipinski definition) is 1. The van der Waals surface area contributed by atoms with Crippen LogP contribution >= 0.6 is 0 Å². The normalized spacial score (nSPS) is 19.4. The minimum Gasteiger partial charge on any atom is -0.314 e. The lowest BCUT2D eigenvalue weighted by Gasteiger charge is -2.24. The average Bonchev–Trinajstić information content (AvgIpc) is 2.99. The molecular formula is C15H23N. The van der Waals surface area contributed by atoms with E-state index in [0.29, 0.717) is 11.5 Å². The quantitative estimate of drug-likeness (QED) is 0.798. The molecule has 88 valence electrons. The summed E-state index contributed by atoms with van der Waals surface area (Å²) in [6, 6.07) is 9.61. The molecule has 1 fully saturated rings. The second-order valence-corrected chi connectivity index (χ2v) is 5.31. The predicted octanol–water partition coefficient (Wildman–Crippen LogP) is 3.32. The molecule has 0 heterocycles. The second-order valence-electron chi connectivity index (χ2n) is 5.31. The largest absolute Gasteiger partial charge is 0.314 e. The number of benzene rings is 1. The molecule has 1 atom stereocenters. The fourth-order valence-corrected chi connectivity index (χ4v) is 2.67. The van der Waals surface area contributed by atoms with Crippen molar-refractivity contribution in [3.63, 3.8) is 0 Å². The van der Waals surface area contributed by atoms with Gasteiger partial charge in [-0.3, -0.25) is 0 Å². The first-order valence-corrected chi connectivity index (χ1v) is 6.45. The van der Waals surface area contributed by atoms with E-state index in [9.17, 15) is 0 Å². The van der Waals surface area contributed by atoms with E-state index in [0.717, 1.165) is 6.54 Å². The molecule has 1 aliphatic rings. The Hall–Kier alpha value is -0.820. The highest BCUT2D eigenvalue weighted by Gasteiger charge is 2.46. The van der Waals surface area contributed by atoms with Crippen molar-refractivity contribution in [3.05, 3.63) is 35.4 Å². The summed E-state index contributed by atoms with van der Waals surface area (Å²) in [5, 5.41) is 3.58. The summed E-state index contributed by atoms with van der Waals surface area (Å²) in [4.78, 5) is 0. The Kier molecular flexibility index (Phi) is 3.34. The molecule has 0 spiro atoms. The summed E-state index contributed by atoms with van der Waals surface area (Å²) in [6.45, 7) is 7.79. The van der Waals surface area contributed by atoms with Crippen LogP contribution in [0.2, 0.25) is 0 Å². The Morgan fingerprint density at radius 3 is 2.69 bits per heavy atom. The fraction of sp³-hybridized carbons (Fsp3) is 0.600. The second kappa shape index (κ2) is 4.58. The van der Waals surface area contributed by atoms with Crippen LogP contribution in [0.4, 0.5) is 0 Å². The number of aryl methyl sites for hydroxylation is 1. The molecule has 1 aliphatic carbocycles. The SMILES string of the molecule is CCNC(C)C1(Cc2cccc(C)c2)CC1. The zero-order chi connectivity index (χ0) is 11.6. The molecule has 0 amide bonds. The van der Waals surface area contributed by atoms with Crippen molar-refractivity contribution < 1.29 is 0 Å². The highest BCUT2D eigenvalue weighted by molar-refractivity contribution is 5.25. The van der Waals surface area contributed by atoms with E-state index in [2.05, 4.69) is 50.4 Å². The molecule has 1 aromatic carbocycles. The summed E-state index contributed by atoms with van der Waals surface area (Å²) >= 11 is 0. The Morgan fingerprint density at radius 1 is 1.38 bits per heavy atom. The Labute approximate surface area is 99.3 Å². The lowest BCUT2D eigenvalue weighted by atomic mass is 9.89. The van der Waals surface area contributed by atoms with Gasteiger partial charge in [-0.25, -0.2) is 0 Å². The van der Waals surface area contributed by atoms with E-state index in [-0.39, 0.29) is 0 Å². The molecule has 1 heteroatoms. The molecular weight excluding hydrogens is 194 g/mol. The van der Waals surface area contributed by atoms with Gasteiger partial charge < -0.3 is 5.32 Å². The monoisotopic (exact) mass is 217 g/mol. The fourth-order valence-electron chi connectivity index (χ4n) is 2.67. The molecule has 1 N–H and O–H groups in total.